The van der Waals surface area contributed by atoms with Gasteiger partial charge < -0.3 is 20.1 Å². The molecular weight excluding hydrogens is 372 g/mol. The molecule has 2 aromatic rings. The summed E-state index contributed by atoms with van der Waals surface area (Å²) in [6, 6.07) is 13.2. The third-order valence-corrected chi connectivity index (χ3v) is 3.69. The lowest BCUT2D eigenvalue weighted by atomic mass is 10.2. The molecule has 7 nitrogen and oxygen atoms in total. The van der Waals surface area contributed by atoms with Gasteiger partial charge in [0, 0.05) is 28.9 Å². The van der Waals surface area contributed by atoms with Crippen LogP contribution in [0.5, 0.6) is 5.75 Å². The number of rotatable bonds is 8. The Morgan fingerprint density at radius 3 is 2.52 bits per heavy atom. The zero-order chi connectivity index (χ0) is 19.6. The highest BCUT2D eigenvalue weighted by Crippen LogP contribution is 2.16. The fourth-order valence-corrected chi connectivity index (χ4v) is 2.22. The maximum Gasteiger partial charge on any atom is 0.308 e. The molecule has 0 fully saturated rings. The molecule has 0 atom stereocenters. The van der Waals surface area contributed by atoms with Crippen LogP contribution in [0.4, 0.5) is 5.69 Å². The number of hydrogen-bond donors (Lipinski definition) is 2. The molecule has 0 heterocycles. The van der Waals surface area contributed by atoms with Gasteiger partial charge in [0.25, 0.3) is 11.8 Å². The second-order valence-corrected chi connectivity index (χ2v) is 5.89. The zero-order valence-corrected chi connectivity index (χ0v) is 15.4. The van der Waals surface area contributed by atoms with Gasteiger partial charge in [0.15, 0.2) is 6.61 Å². The summed E-state index contributed by atoms with van der Waals surface area (Å²) >= 11 is 5.76. The van der Waals surface area contributed by atoms with E-state index in [1.54, 1.807) is 48.5 Å². The van der Waals surface area contributed by atoms with Crippen LogP contribution in [0, 0.1) is 0 Å². The number of methoxy groups -OCH3 is 1. The number of carbonyl (C=O) groups excluding carboxylic acids is 3. The van der Waals surface area contributed by atoms with Gasteiger partial charge in [-0.3, -0.25) is 14.4 Å². The third-order valence-electron chi connectivity index (χ3n) is 3.44. The van der Waals surface area contributed by atoms with Gasteiger partial charge in [-0.05, 0) is 36.4 Å². The van der Waals surface area contributed by atoms with Crippen molar-refractivity contribution in [1.82, 2.24) is 5.32 Å². The predicted molar refractivity (Wildman–Crippen MR) is 101 cm³/mol. The summed E-state index contributed by atoms with van der Waals surface area (Å²) in [6.45, 7) is -0.320. The molecule has 0 saturated carbocycles. The summed E-state index contributed by atoms with van der Waals surface area (Å²) in [5.74, 6) is -0.787. The number of esters is 1. The van der Waals surface area contributed by atoms with Gasteiger partial charge >= 0.3 is 5.97 Å². The zero-order valence-electron chi connectivity index (χ0n) is 14.7. The van der Waals surface area contributed by atoms with Crippen molar-refractivity contribution >= 4 is 35.1 Å². The van der Waals surface area contributed by atoms with Crippen LogP contribution in [0.15, 0.2) is 48.5 Å². The van der Waals surface area contributed by atoms with Gasteiger partial charge in [-0.2, -0.15) is 0 Å². The van der Waals surface area contributed by atoms with Crippen molar-refractivity contribution < 1.29 is 23.9 Å². The van der Waals surface area contributed by atoms with E-state index in [4.69, 9.17) is 21.1 Å². The Balaban J connectivity index is 1.67. The van der Waals surface area contributed by atoms with E-state index >= 15 is 0 Å². The summed E-state index contributed by atoms with van der Waals surface area (Å²) in [4.78, 5) is 35.4. The van der Waals surface area contributed by atoms with Gasteiger partial charge in [0.05, 0.1) is 13.5 Å². The van der Waals surface area contributed by atoms with Crippen molar-refractivity contribution in [2.75, 3.05) is 25.6 Å². The van der Waals surface area contributed by atoms with Gasteiger partial charge in [-0.15, -0.1) is 0 Å². The number of nitrogens with one attached hydrogen (secondary N) is 2. The Bertz CT molecular complexity index is 808. The second kappa shape index (κ2) is 10.2. The number of ether oxygens (including phenoxy) is 2. The van der Waals surface area contributed by atoms with Crippen LogP contribution in [0.2, 0.25) is 5.02 Å². The Labute approximate surface area is 161 Å². The molecule has 27 heavy (non-hydrogen) atoms. The van der Waals surface area contributed by atoms with Crippen molar-refractivity contribution in [3.63, 3.8) is 0 Å². The molecule has 0 radical (unpaired) electrons. The Morgan fingerprint density at radius 2 is 1.81 bits per heavy atom. The molecule has 2 N–H and O–H groups in total. The first-order chi connectivity index (χ1) is 13.0. The van der Waals surface area contributed by atoms with Crippen molar-refractivity contribution in [3.8, 4) is 5.75 Å². The minimum atomic E-state index is -0.591. The van der Waals surface area contributed by atoms with Gasteiger partial charge in [-0.1, -0.05) is 17.7 Å². The smallest absolute Gasteiger partial charge is 0.308 e. The number of halogens is 1. The van der Waals surface area contributed by atoms with Crippen LogP contribution in [0.3, 0.4) is 0 Å². The lowest BCUT2D eigenvalue weighted by Gasteiger charge is -2.08. The summed E-state index contributed by atoms with van der Waals surface area (Å²) in [5.41, 5.74) is 0.969. The quantitative estimate of drug-likeness (QED) is 0.676. The first-order valence-electron chi connectivity index (χ1n) is 8.11. The standard InChI is InChI=1S/C19H19ClN2O5/c1-26-16-4-2-3-15(11-16)22-17(23)12-27-18(24)9-10-21-19(25)13-5-7-14(20)8-6-13/h2-8,11H,9-10,12H2,1H3,(H,21,25)(H,22,23). The van der Waals surface area contributed by atoms with Crippen LogP contribution < -0.4 is 15.4 Å². The lowest BCUT2D eigenvalue weighted by Crippen LogP contribution is -2.27. The van der Waals surface area contributed by atoms with Gasteiger partial charge in [0.1, 0.15) is 5.75 Å². The number of hydrogen-bond acceptors (Lipinski definition) is 5. The van der Waals surface area contributed by atoms with Crippen molar-refractivity contribution in [2.45, 2.75) is 6.42 Å². The first kappa shape index (κ1) is 20.3. The van der Waals surface area contributed by atoms with E-state index in [-0.39, 0.29) is 18.9 Å². The van der Waals surface area contributed by atoms with E-state index in [9.17, 15) is 14.4 Å². The summed E-state index contributed by atoms with van der Waals surface area (Å²) in [6.07, 6.45) is -0.0498. The molecule has 0 spiro atoms. The van der Waals surface area contributed by atoms with E-state index in [1.165, 1.54) is 7.11 Å². The minimum Gasteiger partial charge on any atom is -0.497 e. The second-order valence-electron chi connectivity index (χ2n) is 5.45. The Kier molecular flexibility index (Phi) is 7.63. The van der Waals surface area contributed by atoms with Crippen LogP contribution in [0.1, 0.15) is 16.8 Å². The van der Waals surface area contributed by atoms with Crippen molar-refractivity contribution in [1.29, 1.82) is 0 Å². The fourth-order valence-electron chi connectivity index (χ4n) is 2.10. The normalized spacial score (nSPS) is 10.0. The molecule has 142 valence electrons. The highest BCUT2D eigenvalue weighted by atomic mass is 35.5. The average molecular weight is 391 g/mol. The molecule has 2 amide bonds. The maximum atomic E-state index is 11.9. The topological polar surface area (TPSA) is 93.7 Å². The van der Waals surface area contributed by atoms with Crippen LogP contribution in [-0.4, -0.2) is 38.0 Å². The van der Waals surface area contributed by atoms with Gasteiger partial charge in [0.2, 0.25) is 0 Å². The average Bonchev–Trinajstić information content (AvgIpc) is 2.67. The Morgan fingerprint density at radius 1 is 1.07 bits per heavy atom. The highest BCUT2D eigenvalue weighted by Gasteiger charge is 2.10. The number of anilines is 1. The van der Waals surface area contributed by atoms with E-state index in [2.05, 4.69) is 10.6 Å². The monoisotopic (exact) mass is 390 g/mol. The minimum absolute atomic E-state index is 0.0498. The third kappa shape index (κ3) is 6.99. The molecule has 0 aromatic heterocycles. The molecule has 0 aliphatic carbocycles. The van der Waals surface area contributed by atoms with Crippen LogP contribution in [0.25, 0.3) is 0 Å². The molecule has 0 bridgehead atoms. The SMILES string of the molecule is COc1cccc(NC(=O)COC(=O)CCNC(=O)c2ccc(Cl)cc2)c1. The number of benzene rings is 2. The van der Waals surface area contributed by atoms with E-state index in [1.807, 2.05) is 0 Å². The molecule has 0 aliphatic rings. The predicted octanol–water partition coefficient (Wildman–Crippen LogP) is 2.65. The molecule has 0 aliphatic heterocycles. The van der Waals surface area contributed by atoms with Gasteiger partial charge in [-0.25, -0.2) is 0 Å². The summed E-state index contributed by atoms with van der Waals surface area (Å²) in [7, 11) is 1.52. The number of carbonyl (C=O) groups is 3. The van der Waals surface area contributed by atoms with Crippen LogP contribution in [-0.2, 0) is 14.3 Å². The first-order valence-corrected chi connectivity index (χ1v) is 8.49. The fraction of sp³-hybridized carbons (Fsp3) is 0.211. The molecule has 0 unspecified atom stereocenters. The molecule has 8 heteroatoms. The molecule has 2 rings (SSSR count). The van der Waals surface area contributed by atoms with Crippen molar-refractivity contribution in [3.05, 3.63) is 59.1 Å². The largest absolute Gasteiger partial charge is 0.497 e. The lowest BCUT2D eigenvalue weighted by molar-refractivity contribution is -0.147. The van der Waals surface area contributed by atoms with Crippen LogP contribution >= 0.6 is 11.6 Å². The van der Waals surface area contributed by atoms with E-state index in [0.717, 1.165) is 0 Å². The summed E-state index contributed by atoms with van der Waals surface area (Å²) in [5, 5.41) is 5.72. The summed E-state index contributed by atoms with van der Waals surface area (Å²) < 4.78 is 9.94. The molecule has 2 aromatic carbocycles. The Hall–Kier alpha value is -3.06. The van der Waals surface area contributed by atoms with Crippen molar-refractivity contribution in [2.24, 2.45) is 0 Å². The number of amides is 2. The highest BCUT2D eigenvalue weighted by molar-refractivity contribution is 6.30. The maximum absolute atomic E-state index is 11.9. The molecular formula is C19H19ClN2O5. The van der Waals surface area contributed by atoms with E-state index < -0.39 is 18.5 Å². The van der Waals surface area contributed by atoms with E-state index in [0.29, 0.717) is 22.0 Å². The molecule has 0 saturated heterocycles.